The van der Waals surface area contributed by atoms with Gasteiger partial charge in [-0.3, -0.25) is 4.79 Å². The van der Waals surface area contributed by atoms with Gasteiger partial charge in [0.1, 0.15) is 23.0 Å². The topological polar surface area (TPSA) is 70.2 Å². The van der Waals surface area contributed by atoms with Crippen LogP contribution in [0.25, 0.3) is 10.9 Å². The van der Waals surface area contributed by atoms with Crippen molar-refractivity contribution < 1.29 is 23.1 Å². The van der Waals surface area contributed by atoms with E-state index in [0.29, 0.717) is 6.07 Å². The van der Waals surface area contributed by atoms with Gasteiger partial charge in [-0.05, 0) is 29.3 Å². The van der Waals surface area contributed by atoms with E-state index in [1.807, 2.05) is 0 Å². The van der Waals surface area contributed by atoms with Crippen LogP contribution in [-0.2, 0) is 6.42 Å². The summed E-state index contributed by atoms with van der Waals surface area (Å²) in [5, 5.41) is 8.82. The summed E-state index contributed by atoms with van der Waals surface area (Å²) in [5.74, 6) is -3.72. The molecule has 0 radical (unpaired) electrons. The third-order valence-electron chi connectivity index (χ3n) is 3.64. The van der Waals surface area contributed by atoms with E-state index in [9.17, 15) is 22.8 Å². The van der Waals surface area contributed by atoms with Gasteiger partial charge in [0.15, 0.2) is 0 Å². The first-order valence-corrected chi connectivity index (χ1v) is 6.88. The molecule has 0 fully saturated rings. The minimum atomic E-state index is -1.44. The summed E-state index contributed by atoms with van der Waals surface area (Å²) in [7, 11) is 0. The summed E-state index contributed by atoms with van der Waals surface area (Å²) in [5.41, 5.74) is -1.10. The lowest BCUT2D eigenvalue weighted by Crippen LogP contribution is -2.16. The number of aromatic amines is 1. The molecule has 1 aromatic heterocycles. The minimum Gasteiger partial charge on any atom is -0.477 e. The second-order valence-corrected chi connectivity index (χ2v) is 5.25. The molecule has 122 valence electrons. The lowest BCUT2D eigenvalue weighted by Gasteiger charge is -2.07. The highest BCUT2D eigenvalue weighted by Gasteiger charge is 2.15. The molecule has 0 aliphatic rings. The van der Waals surface area contributed by atoms with Gasteiger partial charge in [0.2, 0.25) is 5.43 Å². The molecule has 0 aliphatic heterocycles. The van der Waals surface area contributed by atoms with E-state index in [1.54, 1.807) is 0 Å². The number of pyridine rings is 1. The van der Waals surface area contributed by atoms with Crippen LogP contribution < -0.4 is 5.43 Å². The number of hydrogen-bond donors (Lipinski definition) is 2. The molecule has 0 saturated carbocycles. The maximum absolute atomic E-state index is 14.2. The number of fused-ring (bicyclic) bond motifs is 1. The molecule has 0 atom stereocenters. The highest BCUT2D eigenvalue weighted by molar-refractivity contribution is 5.92. The smallest absolute Gasteiger partial charge is 0.341 e. The van der Waals surface area contributed by atoms with Crippen LogP contribution >= 0.6 is 0 Å². The molecule has 0 spiro atoms. The molecule has 7 heteroatoms. The van der Waals surface area contributed by atoms with Crippen LogP contribution in [-0.4, -0.2) is 16.1 Å². The predicted molar refractivity (Wildman–Crippen MR) is 80.7 cm³/mol. The predicted octanol–water partition coefficient (Wildman–Crippen LogP) is 3.23. The van der Waals surface area contributed by atoms with Crippen LogP contribution in [0.3, 0.4) is 0 Å². The first-order chi connectivity index (χ1) is 11.4. The van der Waals surface area contributed by atoms with Crippen LogP contribution in [0.1, 0.15) is 21.5 Å². The van der Waals surface area contributed by atoms with Crippen LogP contribution in [0.15, 0.2) is 41.3 Å². The number of aromatic nitrogens is 1. The number of carbonyl (C=O) groups is 1. The van der Waals surface area contributed by atoms with Crippen LogP contribution in [0.2, 0.25) is 0 Å². The summed E-state index contributed by atoms with van der Waals surface area (Å²) in [4.78, 5) is 25.6. The Morgan fingerprint density at radius 2 is 1.83 bits per heavy atom. The number of carboxylic acids is 1. The van der Waals surface area contributed by atoms with Crippen molar-refractivity contribution in [1.29, 1.82) is 0 Å². The number of hydrogen-bond acceptors (Lipinski definition) is 2. The van der Waals surface area contributed by atoms with Gasteiger partial charge in [-0.15, -0.1) is 0 Å². The van der Waals surface area contributed by atoms with E-state index >= 15 is 0 Å². The lowest BCUT2D eigenvalue weighted by molar-refractivity contribution is 0.0695. The standard InChI is InChI=1S/C17H10F3NO3/c18-10-2-1-9(13(19)6-10)3-8-4-11-15(14(20)5-8)21-7-12(16(11)22)17(23)24/h1-2,4-7H,3H2,(H,21,22)(H,23,24). The fourth-order valence-corrected chi connectivity index (χ4v) is 2.49. The summed E-state index contributed by atoms with van der Waals surface area (Å²) in [6.45, 7) is 0. The quantitative estimate of drug-likeness (QED) is 0.773. The Balaban J connectivity index is 2.14. The van der Waals surface area contributed by atoms with Gasteiger partial charge in [0.25, 0.3) is 0 Å². The second kappa shape index (κ2) is 5.84. The molecule has 3 aromatic rings. The van der Waals surface area contributed by atoms with Crippen molar-refractivity contribution in [3.8, 4) is 0 Å². The number of carboxylic acid groups (broad SMARTS) is 1. The van der Waals surface area contributed by atoms with Crippen LogP contribution in [0, 0.1) is 17.5 Å². The molecule has 4 nitrogen and oxygen atoms in total. The third-order valence-corrected chi connectivity index (χ3v) is 3.64. The first kappa shape index (κ1) is 15.8. The zero-order valence-corrected chi connectivity index (χ0v) is 12.1. The number of aromatic carboxylic acids is 1. The Hall–Kier alpha value is -3.09. The molecule has 0 aliphatic carbocycles. The molecule has 2 aromatic carbocycles. The lowest BCUT2D eigenvalue weighted by atomic mass is 10.0. The molecular weight excluding hydrogens is 323 g/mol. The van der Waals surface area contributed by atoms with Gasteiger partial charge < -0.3 is 10.1 Å². The van der Waals surface area contributed by atoms with E-state index in [1.165, 1.54) is 12.1 Å². The van der Waals surface area contributed by atoms with Crippen molar-refractivity contribution in [3.05, 3.63) is 80.9 Å². The molecule has 2 N–H and O–H groups in total. The minimum absolute atomic E-state index is 0.0737. The largest absolute Gasteiger partial charge is 0.477 e. The van der Waals surface area contributed by atoms with Crippen LogP contribution in [0.4, 0.5) is 13.2 Å². The van der Waals surface area contributed by atoms with Gasteiger partial charge in [0, 0.05) is 24.1 Å². The van der Waals surface area contributed by atoms with E-state index in [-0.39, 0.29) is 28.5 Å². The fourth-order valence-electron chi connectivity index (χ4n) is 2.49. The third kappa shape index (κ3) is 2.76. The molecule has 0 saturated heterocycles. The summed E-state index contributed by atoms with van der Waals surface area (Å²) < 4.78 is 40.8. The summed E-state index contributed by atoms with van der Waals surface area (Å²) >= 11 is 0. The first-order valence-electron chi connectivity index (χ1n) is 6.88. The fraction of sp³-hybridized carbons (Fsp3) is 0.0588. The molecule has 3 rings (SSSR count). The zero-order chi connectivity index (χ0) is 17.4. The average molecular weight is 333 g/mol. The maximum atomic E-state index is 14.2. The Morgan fingerprint density at radius 1 is 1.08 bits per heavy atom. The van der Waals surface area contributed by atoms with Gasteiger partial charge >= 0.3 is 5.97 Å². The Labute approximate surface area is 133 Å². The molecular formula is C17H10F3NO3. The Bertz CT molecular complexity index is 1030. The van der Waals surface area contributed by atoms with Gasteiger partial charge in [-0.1, -0.05) is 6.07 Å². The molecule has 1 heterocycles. The molecule has 0 amide bonds. The summed E-state index contributed by atoms with van der Waals surface area (Å²) in [6, 6.07) is 5.42. The SMILES string of the molecule is O=C(O)c1c[nH]c2c(F)cc(Cc3ccc(F)cc3F)cc2c1=O. The molecule has 0 unspecified atom stereocenters. The van der Waals surface area contributed by atoms with Gasteiger partial charge in [-0.2, -0.15) is 0 Å². The molecule has 24 heavy (non-hydrogen) atoms. The number of rotatable bonds is 3. The van der Waals surface area contributed by atoms with E-state index in [0.717, 1.165) is 18.3 Å². The monoisotopic (exact) mass is 333 g/mol. The highest BCUT2D eigenvalue weighted by Crippen LogP contribution is 2.20. The summed E-state index contributed by atoms with van der Waals surface area (Å²) in [6.07, 6.45) is 0.852. The second-order valence-electron chi connectivity index (χ2n) is 5.25. The van der Waals surface area contributed by atoms with E-state index in [2.05, 4.69) is 4.98 Å². The van der Waals surface area contributed by atoms with Gasteiger partial charge in [-0.25, -0.2) is 18.0 Å². The number of H-pyrrole nitrogens is 1. The van der Waals surface area contributed by atoms with Crippen molar-refractivity contribution in [2.45, 2.75) is 6.42 Å². The Kier molecular flexibility index (Phi) is 3.84. The van der Waals surface area contributed by atoms with Crippen molar-refractivity contribution in [1.82, 2.24) is 4.98 Å². The van der Waals surface area contributed by atoms with Crippen molar-refractivity contribution in [3.63, 3.8) is 0 Å². The van der Waals surface area contributed by atoms with Crippen molar-refractivity contribution in [2.75, 3.05) is 0 Å². The van der Waals surface area contributed by atoms with Gasteiger partial charge in [0.05, 0.1) is 5.52 Å². The zero-order valence-electron chi connectivity index (χ0n) is 12.1. The Morgan fingerprint density at radius 3 is 2.50 bits per heavy atom. The normalized spacial score (nSPS) is 11.0. The van der Waals surface area contributed by atoms with Crippen molar-refractivity contribution >= 4 is 16.9 Å². The van der Waals surface area contributed by atoms with Crippen LogP contribution in [0.5, 0.6) is 0 Å². The maximum Gasteiger partial charge on any atom is 0.341 e. The highest BCUT2D eigenvalue weighted by atomic mass is 19.1. The number of nitrogens with one attached hydrogen (secondary N) is 1. The van der Waals surface area contributed by atoms with Crippen molar-refractivity contribution in [2.24, 2.45) is 0 Å². The molecule has 0 bridgehead atoms. The number of benzene rings is 2. The average Bonchev–Trinajstić information content (AvgIpc) is 2.51. The van der Waals surface area contributed by atoms with E-state index in [4.69, 9.17) is 5.11 Å². The number of halogens is 3. The van der Waals surface area contributed by atoms with E-state index < -0.39 is 34.4 Å².